The summed E-state index contributed by atoms with van der Waals surface area (Å²) in [6, 6.07) is 5.66. The second-order valence-electron chi connectivity index (χ2n) is 13.0. The number of anilines is 1. The fourth-order valence-corrected chi connectivity index (χ4v) is 8.14. The molecule has 3 fully saturated rings. The van der Waals surface area contributed by atoms with Gasteiger partial charge in [-0.2, -0.15) is 9.97 Å². The van der Waals surface area contributed by atoms with Crippen LogP contribution in [0.15, 0.2) is 29.2 Å². The summed E-state index contributed by atoms with van der Waals surface area (Å²) in [7, 11) is -0.143. The second kappa shape index (κ2) is 10.3. The third-order valence-electron chi connectivity index (χ3n) is 9.37. The molecule has 0 bridgehead atoms. The number of rotatable bonds is 7. The Hall–Kier alpha value is -3.92. The Balaban J connectivity index is 1.35. The monoisotopic (exact) mass is 618 g/mol. The highest BCUT2D eigenvalue weighted by molar-refractivity contribution is 7.90. The van der Waals surface area contributed by atoms with Gasteiger partial charge in [-0.1, -0.05) is 12.0 Å². The van der Waals surface area contributed by atoms with Crippen molar-refractivity contribution in [2.45, 2.75) is 30.6 Å². The molecule has 3 aromatic rings. The SMILES string of the molecule is C#Cc1c(F)ccc2cc(O)cc(C3=Cc4nc(OCC5(CN(C)C)CC5)nc(N5CCC6(CC5)CNC6)c4S(=O)(=O)N3)c12. The zero-order valence-corrected chi connectivity index (χ0v) is 25.6. The average Bonchev–Trinajstić information content (AvgIpc) is 3.72. The number of benzene rings is 2. The molecular formula is C32H35FN6O4S. The van der Waals surface area contributed by atoms with Crippen LogP contribution in [0.2, 0.25) is 0 Å². The van der Waals surface area contributed by atoms with Crippen LogP contribution in [0, 0.1) is 29.0 Å². The fourth-order valence-electron chi connectivity index (χ4n) is 6.78. The lowest BCUT2D eigenvalue weighted by Crippen LogP contribution is -2.58. The van der Waals surface area contributed by atoms with Gasteiger partial charge < -0.3 is 25.0 Å². The minimum atomic E-state index is -4.20. The summed E-state index contributed by atoms with van der Waals surface area (Å²) in [5, 5.41) is 14.7. The summed E-state index contributed by atoms with van der Waals surface area (Å²) in [6.07, 6.45) is 11.2. The normalized spacial score (nSPS) is 20.8. The van der Waals surface area contributed by atoms with Gasteiger partial charge in [-0.15, -0.1) is 6.42 Å². The second-order valence-corrected chi connectivity index (χ2v) is 14.6. The van der Waals surface area contributed by atoms with Gasteiger partial charge in [-0.25, -0.2) is 12.8 Å². The van der Waals surface area contributed by atoms with E-state index in [0.717, 1.165) is 45.3 Å². The van der Waals surface area contributed by atoms with Crippen molar-refractivity contribution in [2.24, 2.45) is 10.8 Å². The largest absolute Gasteiger partial charge is 0.508 e. The van der Waals surface area contributed by atoms with Crippen molar-refractivity contribution in [1.29, 1.82) is 0 Å². The van der Waals surface area contributed by atoms with E-state index in [0.29, 0.717) is 36.3 Å². The maximum Gasteiger partial charge on any atom is 0.319 e. The number of terminal acetylenes is 1. The van der Waals surface area contributed by atoms with Crippen molar-refractivity contribution in [3.8, 4) is 24.1 Å². The van der Waals surface area contributed by atoms with E-state index >= 15 is 0 Å². The smallest absolute Gasteiger partial charge is 0.319 e. The van der Waals surface area contributed by atoms with Gasteiger partial charge in [0, 0.05) is 49.1 Å². The molecule has 1 aliphatic carbocycles. The number of hydrogen-bond donors (Lipinski definition) is 3. The van der Waals surface area contributed by atoms with Crippen LogP contribution in [-0.2, 0) is 10.0 Å². The summed E-state index contributed by atoms with van der Waals surface area (Å²) >= 11 is 0. The van der Waals surface area contributed by atoms with Crippen molar-refractivity contribution in [2.75, 3.05) is 58.3 Å². The molecule has 7 rings (SSSR count). The van der Waals surface area contributed by atoms with E-state index < -0.39 is 15.8 Å². The highest BCUT2D eigenvalue weighted by Gasteiger charge is 2.45. The van der Waals surface area contributed by atoms with Gasteiger partial charge in [0.1, 0.15) is 11.6 Å². The first-order chi connectivity index (χ1) is 21.0. The molecule has 0 unspecified atom stereocenters. The molecule has 2 saturated heterocycles. The minimum absolute atomic E-state index is 0.0163. The molecule has 230 valence electrons. The van der Waals surface area contributed by atoms with Crippen LogP contribution in [0.3, 0.4) is 0 Å². The summed E-state index contributed by atoms with van der Waals surface area (Å²) in [5.74, 6) is 1.95. The molecule has 1 spiro atoms. The van der Waals surface area contributed by atoms with E-state index in [1.54, 1.807) is 6.08 Å². The lowest BCUT2D eigenvalue weighted by molar-refractivity contribution is 0.125. The Bertz CT molecular complexity index is 1850. The Morgan fingerprint density at radius 2 is 1.91 bits per heavy atom. The number of aromatic nitrogens is 2. The number of phenols is 1. The highest BCUT2D eigenvalue weighted by atomic mass is 32.2. The Kier molecular flexibility index (Phi) is 6.77. The zero-order chi connectivity index (χ0) is 30.9. The van der Waals surface area contributed by atoms with Crippen LogP contribution in [-0.4, -0.2) is 81.8 Å². The molecule has 4 aliphatic rings. The van der Waals surface area contributed by atoms with Gasteiger partial charge in [0.2, 0.25) is 0 Å². The third kappa shape index (κ3) is 5.02. The van der Waals surface area contributed by atoms with E-state index in [9.17, 15) is 17.9 Å². The van der Waals surface area contributed by atoms with Gasteiger partial charge in [0.25, 0.3) is 10.0 Å². The van der Waals surface area contributed by atoms with Crippen LogP contribution in [0.1, 0.15) is 42.5 Å². The summed E-state index contributed by atoms with van der Waals surface area (Å²) < 4.78 is 51.7. The molecule has 1 saturated carbocycles. The first kappa shape index (κ1) is 28.8. The summed E-state index contributed by atoms with van der Waals surface area (Å²) in [4.78, 5) is 13.4. The maximum absolute atomic E-state index is 14.8. The molecule has 0 atom stereocenters. The van der Waals surface area contributed by atoms with Gasteiger partial charge in [0.15, 0.2) is 10.7 Å². The number of halogens is 1. The van der Waals surface area contributed by atoms with E-state index in [-0.39, 0.29) is 50.0 Å². The van der Waals surface area contributed by atoms with Crippen LogP contribution in [0.25, 0.3) is 22.5 Å². The number of piperidine rings is 1. The van der Waals surface area contributed by atoms with E-state index in [2.05, 4.69) is 25.8 Å². The molecular weight excluding hydrogens is 583 g/mol. The standard InChI is InChI=1S/C32H35FN6O4S/c1-4-22-24(33)6-5-20-13-21(40)14-23(27(20)22)25-15-26-28(44(41,42)37-25)29(39-11-9-31(10-12-39)16-34-17-31)36-30(35-26)43-19-32(7-8-32)18-38(2)3/h1,5-6,13-15,34,37,40H,7-12,16-19H2,2-3H3. The van der Waals surface area contributed by atoms with Crippen molar-refractivity contribution in [1.82, 2.24) is 24.9 Å². The number of aromatic hydroxyl groups is 1. The minimum Gasteiger partial charge on any atom is -0.508 e. The van der Waals surface area contributed by atoms with Crippen molar-refractivity contribution in [3.63, 3.8) is 0 Å². The van der Waals surface area contributed by atoms with Gasteiger partial charge in [0.05, 0.1) is 23.6 Å². The molecule has 10 nitrogen and oxygen atoms in total. The number of phenolic OH excluding ortho intramolecular Hbond substituents is 1. The molecule has 3 N–H and O–H groups in total. The fraction of sp³-hybridized carbons (Fsp3) is 0.438. The topological polar surface area (TPSA) is 120 Å². The number of hydrogen-bond acceptors (Lipinski definition) is 9. The number of sulfonamides is 1. The molecule has 0 amide bonds. The number of ether oxygens (including phenoxy) is 1. The molecule has 12 heteroatoms. The Labute approximate surface area is 256 Å². The molecule has 3 aliphatic heterocycles. The van der Waals surface area contributed by atoms with E-state index in [1.807, 2.05) is 19.0 Å². The number of nitrogens with one attached hydrogen (secondary N) is 2. The molecule has 2 aromatic carbocycles. The predicted molar refractivity (Wildman–Crippen MR) is 166 cm³/mol. The molecule has 4 heterocycles. The average molecular weight is 619 g/mol. The van der Waals surface area contributed by atoms with Gasteiger partial charge in [-0.05, 0) is 74.9 Å². The lowest BCUT2D eigenvalue weighted by Gasteiger charge is -2.48. The zero-order valence-electron chi connectivity index (χ0n) is 24.8. The first-order valence-electron chi connectivity index (χ1n) is 14.8. The van der Waals surface area contributed by atoms with Gasteiger partial charge in [-0.3, -0.25) is 4.72 Å². The van der Waals surface area contributed by atoms with Crippen LogP contribution in [0.5, 0.6) is 11.8 Å². The quantitative estimate of drug-likeness (QED) is 0.343. The first-order valence-corrected chi connectivity index (χ1v) is 16.3. The van der Waals surface area contributed by atoms with Crippen LogP contribution >= 0.6 is 0 Å². The third-order valence-corrected chi connectivity index (χ3v) is 10.8. The summed E-state index contributed by atoms with van der Waals surface area (Å²) in [5.41, 5.74) is 0.752. The lowest BCUT2D eigenvalue weighted by atomic mass is 9.73. The van der Waals surface area contributed by atoms with E-state index in [4.69, 9.17) is 16.1 Å². The Morgan fingerprint density at radius 1 is 1.16 bits per heavy atom. The molecule has 0 radical (unpaired) electrons. The number of nitrogens with zero attached hydrogens (tertiary/aromatic N) is 4. The highest BCUT2D eigenvalue weighted by Crippen LogP contribution is 2.47. The van der Waals surface area contributed by atoms with Gasteiger partial charge >= 0.3 is 6.01 Å². The van der Waals surface area contributed by atoms with Crippen LogP contribution in [0.4, 0.5) is 10.2 Å². The predicted octanol–water partition coefficient (Wildman–Crippen LogP) is 3.16. The van der Waals surface area contributed by atoms with E-state index in [1.165, 1.54) is 24.3 Å². The molecule has 1 aromatic heterocycles. The summed E-state index contributed by atoms with van der Waals surface area (Å²) in [6.45, 7) is 4.53. The Morgan fingerprint density at radius 3 is 2.55 bits per heavy atom. The number of fused-ring (bicyclic) bond motifs is 2. The van der Waals surface area contributed by atoms with Crippen molar-refractivity contribution in [3.05, 3.63) is 46.9 Å². The van der Waals surface area contributed by atoms with Crippen molar-refractivity contribution < 1.29 is 22.7 Å². The van der Waals surface area contributed by atoms with Crippen molar-refractivity contribution >= 4 is 38.4 Å². The molecule has 44 heavy (non-hydrogen) atoms. The van der Waals surface area contributed by atoms with Crippen LogP contribution < -0.4 is 19.7 Å². The maximum atomic E-state index is 14.8.